The van der Waals surface area contributed by atoms with E-state index >= 15 is 0 Å². The molecule has 4 atom stereocenters. The first-order valence-electron chi connectivity index (χ1n) is 13.5. The molecular formula is C29H32FN5O4. The topological polar surface area (TPSA) is 113 Å². The molecule has 1 saturated carbocycles. The number of halogens is 1. The molecule has 0 bridgehead atoms. The molecule has 1 aliphatic carbocycles. The molecule has 9 nitrogen and oxygen atoms in total. The van der Waals surface area contributed by atoms with E-state index in [9.17, 15) is 19.1 Å². The van der Waals surface area contributed by atoms with Crippen LogP contribution < -0.4 is 4.90 Å². The third-order valence-corrected chi connectivity index (χ3v) is 8.52. The number of nitrogens with one attached hydrogen (secondary N) is 1. The number of hydrogen-bond acceptors (Lipinski definition) is 6. The van der Waals surface area contributed by atoms with E-state index in [1.165, 1.54) is 25.4 Å². The highest BCUT2D eigenvalue weighted by molar-refractivity contribution is 5.95. The number of aromatic nitrogens is 4. The van der Waals surface area contributed by atoms with Gasteiger partial charge in [-0.3, -0.25) is 14.8 Å². The number of fused-ring (bicyclic) bond motifs is 4. The van der Waals surface area contributed by atoms with E-state index in [1.54, 1.807) is 11.8 Å². The Hall–Kier alpha value is -3.79. The largest absolute Gasteiger partial charge is 0.452 e. The van der Waals surface area contributed by atoms with Crippen LogP contribution in [-0.2, 0) is 16.0 Å². The van der Waals surface area contributed by atoms with Crippen molar-refractivity contribution in [3.05, 3.63) is 53.2 Å². The Morgan fingerprint density at radius 1 is 1.23 bits per heavy atom. The lowest BCUT2D eigenvalue weighted by atomic mass is 9.83. The number of anilines is 1. The third-order valence-electron chi connectivity index (χ3n) is 8.52. The summed E-state index contributed by atoms with van der Waals surface area (Å²) in [4.78, 5) is 31.7. The fourth-order valence-electron chi connectivity index (χ4n) is 6.54. The van der Waals surface area contributed by atoms with Gasteiger partial charge in [-0.1, -0.05) is 6.42 Å². The molecule has 2 aliphatic rings. The van der Waals surface area contributed by atoms with Crippen LogP contribution in [0.4, 0.5) is 14.9 Å². The highest BCUT2D eigenvalue weighted by atomic mass is 19.1. The maximum Gasteiger partial charge on any atom is 0.414 e. The molecule has 10 heteroatoms. The maximum absolute atomic E-state index is 14.6. The molecule has 0 radical (unpaired) electrons. The van der Waals surface area contributed by atoms with Crippen molar-refractivity contribution in [2.75, 3.05) is 12.0 Å². The quantitative estimate of drug-likeness (QED) is 0.365. The van der Waals surface area contributed by atoms with Crippen LogP contribution >= 0.6 is 0 Å². The molecule has 39 heavy (non-hydrogen) atoms. The Kier molecular flexibility index (Phi) is 6.37. The van der Waals surface area contributed by atoms with Crippen LogP contribution in [0.25, 0.3) is 21.9 Å². The van der Waals surface area contributed by atoms with E-state index in [-0.39, 0.29) is 23.8 Å². The summed E-state index contributed by atoms with van der Waals surface area (Å²) in [6.45, 7) is 3.62. The minimum atomic E-state index is -1.25. The number of aliphatic hydroxyl groups excluding tert-OH is 1. The summed E-state index contributed by atoms with van der Waals surface area (Å²) >= 11 is 0. The highest BCUT2D eigenvalue weighted by Crippen LogP contribution is 2.42. The van der Waals surface area contributed by atoms with Crippen molar-refractivity contribution in [1.82, 2.24) is 19.7 Å². The van der Waals surface area contributed by atoms with Gasteiger partial charge in [0.2, 0.25) is 0 Å². The first kappa shape index (κ1) is 25.5. The number of rotatable bonds is 4. The first-order chi connectivity index (χ1) is 18.8. The number of imidazole rings is 1. The van der Waals surface area contributed by atoms with E-state index in [0.717, 1.165) is 42.5 Å². The standard InChI is InChI=1S/C29H32FN5O4/c1-15-7-8-21-23(34(15)29(38)39-3)9-10-24-26(21)32-28(35(24)20-6-4-5-17(12-20)16(2)36)27(37)22-13-19(30)11-18-14-31-33-25(18)22/h9-11,13-15,17,20,27,37H,4-8,12H2,1-3H3,(H,31,33)/t15-,17+,20+,27+/m0/s1. The van der Waals surface area contributed by atoms with Crippen LogP contribution in [-0.4, -0.2) is 49.9 Å². The predicted molar refractivity (Wildman–Crippen MR) is 144 cm³/mol. The van der Waals surface area contributed by atoms with Crippen LogP contribution in [0.2, 0.25) is 0 Å². The van der Waals surface area contributed by atoms with E-state index in [1.807, 2.05) is 23.6 Å². The normalized spacial score (nSPS) is 22.2. The molecule has 4 aromatic rings. The second-order valence-electron chi connectivity index (χ2n) is 10.9. The molecule has 1 amide bonds. The third kappa shape index (κ3) is 4.17. The second-order valence-corrected chi connectivity index (χ2v) is 10.9. The van der Waals surface area contributed by atoms with E-state index in [0.29, 0.717) is 40.6 Å². The number of carbonyl (C=O) groups excluding carboxylic acids is 2. The van der Waals surface area contributed by atoms with E-state index in [4.69, 9.17) is 9.72 Å². The molecule has 2 aromatic heterocycles. The van der Waals surface area contributed by atoms with Gasteiger partial charge < -0.3 is 14.4 Å². The van der Waals surface area contributed by atoms with Gasteiger partial charge in [0.15, 0.2) is 0 Å². The Bertz CT molecular complexity index is 1590. The molecule has 0 unspecified atom stereocenters. The lowest BCUT2D eigenvalue weighted by Gasteiger charge is -2.34. The zero-order chi connectivity index (χ0) is 27.4. The zero-order valence-electron chi connectivity index (χ0n) is 22.3. The van der Waals surface area contributed by atoms with Crippen molar-refractivity contribution in [2.24, 2.45) is 5.92 Å². The van der Waals surface area contributed by atoms with Crippen molar-refractivity contribution in [2.45, 2.75) is 70.6 Å². The van der Waals surface area contributed by atoms with Crippen LogP contribution in [0.15, 0.2) is 30.5 Å². The monoisotopic (exact) mass is 533 g/mol. The second kappa shape index (κ2) is 9.75. The first-order valence-corrected chi connectivity index (χ1v) is 13.5. The van der Waals surface area contributed by atoms with Crippen molar-refractivity contribution in [3.8, 4) is 0 Å². The molecule has 204 valence electrons. The van der Waals surface area contributed by atoms with E-state index in [2.05, 4.69) is 10.2 Å². The number of Topliss-reactive ketones (excluding diaryl/α,β-unsaturated/α-hetero) is 1. The van der Waals surface area contributed by atoms with Gasteiger partial charge in [-0.2, -0.15) is 5.10 Å². The SMILES string of the molecule is COC(=O)N1c2ccc3c(nc([C@H](O)c4cc(F)cc5cn[nH]c45)n3[C@@H]3CCC[C@@H](C(C)=O)C3)c2CC[C@@H]1C. The van der Waals surface area contributed by atoms with Crippen LogP contribution in [0.3, 0.4) is 0 Å². The number of nitrogens with zero attached hydrogens (tertiary/aromatic N) is 4. The van der Waals surface area contributed by atoms with Crippen molar-refractivity contribution in [1.29, 1.82) is 0 Å². The number of carbonyl (C=O) groups is 2. The summed E-state index contributed by atoms with van der Waals surface area (Å²) < 4.78 is 21.7. The smallest absolute Gasteiger partial charge is 0.414 e. The Balaban J connectivity index is 1.57. The predicted octanol–water partition coefficient (Wildman–Crippen LogP) is 5.36. The number of ether oxygens (including phenoxy) is 1. The van der Waals surface area contributed by atoms with Crippen molar-refractivity contribution >= 4 is 39.5 Å². The summed E-state index contributed by atoms with van der Waals surface area (Å²) in [5.74, 6) is 0.0101. The Morgan fingerprint density at radius 2 is 2.05 bits per heavy atom. The number of amides is 1. The number of aryl methyl sites for hydroxylation is 1. The summed E-state index contributed by atoms with van der Waals surface area (Å²) in [6, 6.07) is 6.43. The minimum absolute atomic E-state index is 0.0369. The van der Waals surface area contributed by atoms with Gasteiger partial charge in [-0.15, -0.1) is 0 Å². The highest BCUT2D eigenvalue weighted by Gasteiger charge is 2.35. The molecule has 3 heterocycles. The number of benzene rings is 2. The molecule has 2 N–H and O–H groups in total. The molecule has 6 rings (SSSR count). The number of H-pyrrole nitrogens is 1. The Morgan fingerprint density at radius 3 is 2.82 bits per heavy atom. The number of hydrogen-bond donors (Lipinski definition) is 2. The van der Waals surface area contributed by atoms with Crippen LogP contribution in [0, 0.1) is 11.7 Å². The van der Waals surface area contributed by atoms with Gasteiger partial charge in [0.05, 0.1) is 35.5 Å². The van der Waals surface area contributed by atoms with Gasteiger partial charge in [0.25, 0.3) is 0 Å². The van der Waals surface area contributed by atoms with Crippen molar-refractivity contribution in [3.63, 3.8) is 0 Å². The summed E-state index contributed by atoms with van der Waals surface area (Å²) in [5, 5.41) is 19.3. The molecule has 0 spiro atoms. The number of aliphatic hydroxyl groups is 1. The molecular weight excluding hydrogens is 501 g/mol. The van der Waals surface area contributed by atoms with Gasteiger partial charge in [0.1, 0.15) is 23.5 Å². The van der Waals surface area contributed by atoms with Crippen LogP contribution in [0.1, 0.15) is 75.0 Å². The van der Waals surface area contributed by atoms with Gasteiger partial charge in [0, 0.05) is 34.5 Å². The van der Waals surface area contributed by atoms with Gasteiger partial charge in [-0.05, 0) is 70.2 Å². The lowest BCUT2D eigenvalue weighted by molar-refractivity contribution is -0.122. The Labute approximate surface area is 225 Å². The fraction of sp³-hybridized carbons (Fsp3) is 0.448. The van der Waals surface area contributed by atoms with Gasteiger partial charge in [-0.25, -0.2) is 14.2 Å². The van der Waals surface area contributed by atoms with E-state index < -0.39 is 18.0 Å². The maximum atomic E-state index is 14.6. The number of ketones is 1. The summed E-state index contributed by atoms with van der Waals surface area (Å²) in [6.07, 6.45) is 4.49. The summed E-state index contributed by atoms with van der Waals surface area (Å²) in [5.41, 5.74) is 4.06. The lowest BCUT2D eigenvalue weighted by Crippen LogP contribution is -2.42. The molecule has 1 aliphatic heterocycles. The minimum Gasteiger partial charge on any atom is -0.452 e. The van der Waals surface area contributed by atoms with Gasteiger partial charge >= 0.3 is 6.09 Å². The zero-order valence-corrected chi connectivity index (χ0v) is 22.3. The number of methoxy groups -OCH3 is 1. The number of aromatic amines is 1. The molecule has 2 aromatic carbocycles. The fourth-order valence-corrected chi connectivity index (χ4v) is 6.54. The van der Waals surface area contributed by atoms with Crippen molar-refractivity contribution < 1.29 is 23.8 Å². The molecule has 0 saturated heterocycles. The molecule has 1 fully saturated rings. The van der Waals surface area contributed by atoms with Crippen LogP contribution in [0.5, 0.6) is 0 Å². The average molecular weight is 534 g/mol. The summed E-state index contributed by atoms with van der Waals surface area (Å²) in [7, 11) is 1.37. The average Bonchev–Trinajstić information content (AvgIpc) is 3.56.